The number of aliphatic hydroxyl groups is 1. The molecule has 2 N–H and O–H groups in total. The third-order valence-corrected chi connectivity index (χ3v) is 9.25. The molecule has 3 aromatic carbocycles. The van der Waals surface area contributed by atoms with Crippen LogP contribution in [0.15, 0.2) is 65.6 Å². The molecule has 1 fully saturated rings. The van der Waals surface area contributed by atoms with Gasteiger partial charge in [-0.15, -0.1) is 11.8 Å². The van der Waals surface area contributed by atoms with Crippen molar-refractivity contribution >= 4 is 22.5 Å². The van der Waals surface area contributed by atoms with Crippen molar-refractivity contribution in [2.75, 3.05) is 13.2 Å². The quantitative estimate of drug-likeness (QED) is 0.288. The lowest BCUT2D eigenvalue weighted by atomic mass is 9.93. The average molecular weight is 490 g/mol. The molecular weight excluding hydrogens is 450 g/mol. The number of ether oxygens (including phenoxy) is 1. The van der Waals surface area contributed by atoms with Gasteiger partial charge in [0.1, 0.15) is 0 Å². The molecule has 3 aromatic rings. The summed E-state index contributed by atoms with van der Waals surface area (Å²) in [5.41, 5.74) is 4.16. The molecule has 35 heavy (non-hydrogen) atoms. The van der Waals surface area contributed by atoms with Gasteiger partial charge >= 0.3 is 0 Å². The number of rotatable bonds is 11. The smallest absolute Gasteiger partial charge is 0.0799 e. The van der Waals surface area contributed by atoms with E-state index in [2.05, 4.69) is 93.7 Å². The van der Waals surface area contributed by atoms with Crippen LogP contribution in [0.2, 0.25) is 0 Å². The summed E-state index contributed by atoms with van der Waals surface area (Å²) in [6, 6.07) is 22.0. The van der Waals surface area contributed by atoms with Gasteiger partial charge in [-0.2, -0.15) is 0 Å². The molecule has 186 valence electrons. The Morgan fingerprint density at radius 2 is 1.86 bits per heavy atom. The van der Waals surface area contributed by atoms with Crippen molar-refractivity contribution in [1.29, 1.82) is 0 Å². The number of hydrogen-bond donors (Lipinski definition) is 2. The van der Waals surface area contributed by atoms with Crippen LogP contribution in [0.1, 0.15) is 69.2 Å². The molecule has 0 radical (unpaired) electrons. The fourth-order valence-electron chi connectivity index (χ4n) is 5.84. The van der Waals surface area contributed by atoms with Crippen LogP contribution in [0.4, 0.5) is 0 Å². The fourth-order valence-corrected chi connectivity index (χ4v) is 7.55. The van der Waals surface area contributed by atoms with Gasteiger partial charge in [0.15, 0.2) is 0 Å². The summed E-state index contributed by atoms with van der Waals surface area (Å²) in [5, 5.41) is 17.3. The van der Waals surface area contributed by atoms with Gasteiger partial charge in [-0.05, 0) is 80.1 Å². The standard InChI is InChI=1S/C31H39NO2S/c1-5-25(33)28-29-27-24(12-8-13-26(27)35-30(28)29)20(2)34-17-9-16-32-31(3,4)19-21-14-15-22-10-6-7-11-23(22)18-21/h6-8,10-15,18,20,25,28-30,32-33H,5,9,16-17,19H2,1-4H3. The Morgan fingerprint density at radius 1 is 1.06 bits per heavy atom. The third kappa shape index (κ3) is 5.32. The van der Waals surface area contributed by atoms with Crippen LogP contribution < -0.4 is 5.32 Å². The van der Waals surface area contributed by atoms with Crippen LogP contribution in [-0.2, 0) is 11.2 Å². The molecule has 5 unspecified atom stereocenters. The highest BCUT2D eigenvalue weighted by Crippen LogP contribution is 2.67. The Bertz CT molecular complexity index is 1180. The van der Waals surface area contributed by atoms with Crippen molar-refractivity contribution in [3.05, 3.63) is 77.4 Å². The maximum absolute atomic E-state index is 10.4. The highest BCUT2D eigenvalue weighted by molar-refractivity contribution is 8.00. The van der Waals surface area contributed by atoms with Gasteiger partial charge in [0.05, 0.1) is 12.2 Å². The third-order valence-electron chi connectivity index (χ3n) is 7.76. The van der Waals surface area contributed by atoms with Crippen molar-refractivity contribution in [3.63, 3.8) is 0 Å². The molecule has 1 saturated carbocycles. The highest BCUT2D eigenvalue weighted by atomic mass is 32.2. The Morgan fingerprint density at radius 3 is 2.66 bits per heavy atom. The molecule has 1 aliphatic heterocycles. The van der Waals surface area contributed by atoms with Gasteiger partial charge < -0.3 is 15.2 Å². The molecule has 0 spiro atoms. The van der Waals surface area contributed by atoms with Crippen LogP contribution in [-0.4, -0.2) is 35.2 Å². The summed E-state index contributed by atoms with van der Waals surface area (Å²) in [4.78, 5) is 1.39. The first-order valence-corrected chi connectivity index (χ1v) is 14.1. The first-order chi connectivity index (χ1) is 16.9. The molecular formula is C31H39NO2S. The molecule has 1 heterocycles. The molecule has 1 aliphatic carbocycles. The van der Waals surface area contributed by atoms with Gasteiger partial charge in [-0.3, -0.25) is 0 Å². The van der Waals surface area contributed by atoms with E-state index in [1.54, 1.807) is 0 Å². The predicted octanol–water partition coefficient (Wildman–Crippen LogP) is 6.88. The molecule has 5 rings (SSSR count). The molecule has 0 saturated heterocycles. The zero-order valence-corrected chi connectivity index (χ0v) is 22.3. The summed E-state index contributed by atoms with van der Waals surface area (Å²) in [5.74, 6) is 0.921. The second-order valence-corrected chi connectivity index (χ2v) is 12.2. The molecule has 0 amide bonds. The average Bonchev–Trinajstić information content (AvgIpc) is 3.42. The van der Waals surface area contributed by atoms with Gasteiger partial charge in [-0.1, -0.05) is 61.5 Å². The Kier molecular flexibility index (Phi) is 7.28. The van der Waals surface area contributed by atoms with Crippen LogP contribution >= 0.6 is 11.8 Å². The van der Waals surface area contributed by atoms with E-state index in [0.717, 1.165) is 32.4 Å². The summed E-state index contributed by atoms with van der Waals surface area (Å²) in [6.07, 6.45) is 2.72. The van der Waals surface area contributed by atoms with E-state index < -0.39 is 0 Å². The topological polar surface area (TPSA) is 41.5 Å². The van der Waals surface area contributed by atoms with E-state index in [9.17, 15) is 5.11 Å². The predicted molar refractivity (Wildman–Crippen MR) is 147 cm³/mol. The van der Waals surface area contributed by atoms with Crippen LogP contribution in [0.5, 0.6) is 0 Å². The van der Waals surface area contributed by atoms with Crippen molar-refractivity contribution < 1.29 is 9.84 Å². The van der Waals surface area contributed by atoms with Gasteiger partial charge in [-0.25, -0.2) is 0 Å². The minimum Gasteiger partial charge on any atom is -0.393 e. The first kappa shape index (κ1) is 24.8. The monoisotopic (exact) mass is 489 g/mol. The number of aliphatic hydroxyl groups excluding tert-OH is 1. The molecule has 4 heteroatoms. The Labute approximate surface area is 214 Å². The van der Waals surface area contributed by atoms with E-state index in [-0.39, 0.29) is 17.7 Å². The van der Waals surface area contributed by atoms with Gasteiger partial charge in [0, 0.05) is 34.1 Å². The Balaban J connectivity index is 1.10. The highest BCUT2D eigenvalue weighted by Gasteiger charge is 2.59. The van der Waals surface area contributed by atoms with Crippen LogP contribution in [0, 0.1) is 5.92 Å². The maximum Gasteiger partial charge on any atom is 0.0799 e. The second kappa shape index (κ2) is 10.3. The summed E-state index contributed by atoms with van der Waals surface area (Å²) < 4.78 is 6.31. The molecule has 5 atom stereocenters. The summed E-state index contributed by atoms with van der Waals surface area (Å²) in [7, 11) is 0. The zero-order valence-electron chi connectivity index (χ0n) is 21.5. The summed E-state index contributed by atoms with van der Waals surface area (Å²) >= 11 is 1.96. The SMILES string of the molecule is CCC(O)C1C2Sc3cccc(C(C)OCCCNC(C)(C)Cc4ccc5ccccc5c4)c3C21. The number of nitrogens with one attached hydrogen (secondary N) is 1. The van der Waals surface area contributed by atoms with Crippen LogP contribution in [0.3, 0.4) is 0 Å². The normalized spacial score (nSPS) is 22.6. The first-order valence-electron chi connectivity index (χ1n) is 13.2. The number of fused-ring (bicyclic) bond motifs is 4. The second-order valence-electron chi connectivity index (χ2n) is 11.0. The van der Waals surface area contributed by atoms with E-state index in [4.69, 9.17) is 4.74 Å². The van der Waals surface area contributed by atoms with E-state index in [1.165, 1.54) is 32.4 Å². The lowest BCUT2D eigenvalue weighted by molar-refractivity contribution is 0.0623. The number of benzene rings is 3. The van der Waals surface area contributed by atoms with Crippen molar-refractivity contribution in [1.82, 2.24) is 5.32 Å². The lowest BCUT2D eigenvalue weighted by Crippen LogP contribution is -2.42. The van der Waals surface area contributed by atoms with Crippen LogP contribution in [0.25, 0.3) is 10.8 Å². The Hall–Kier alpha value is -1.85. The molecule has 0 bridgehead atoms. The fraction of sp³-hybridized carbons (Fsp3) is 0.484. The minimum absolute atomic E-state index is 0.0294. The van der Waals surface area contributed by atoms with E-state index in [0.29, 0.717) is 17.1 Å². The van der Waals surface area contributed by atoms with E-state index >= 15 is 0 Å². The maximum atomic E-state index is 10.4. The van der Waals surface area contributed by atoms with Crippen molar-refractivity contribution in [2.24, 2.45) is 5.92 Å². The molecule has 2 aliphatic rings. The minimum atomic E-state index is -0.182. The molecule has 3 nitrogen and oxygen atoms in total. The molecule has 0 aromatic heterocycles. The summed E-state index contributed by atoms with van der Waals surface area (Å²) in [6.45, 7) is 10.5. The van der Waals surface area contributed by atoms with E-state index in [1.807, 2.05) is 11.8 Å². The number of thioether (sulfide) groups is 1. The van der Waals surface area contributed by atoms with Gasteiger partial charge in [0.25, 0.3) is 0 Å². The zero-order chi connectivity index (χ0) is 24.6. The largest absolute Gasteiger partial charge is 0.393 e. The van der Waals surface area contributed by atoms with Crippen molar-refractivity contribution in [3.8, 4) is 0 Å². The number of hydrogen-bond acceptors (Lipinski definition) is 4. The lowest BCUT2D eigenvalue weighted by Gasteiger charge is -2.27. The van der Waals surface area contributed by atoms with Crippen molar-refractivity contribution in [2.45, 2.75) is 80.8 Å². The van der Waals surface area contributed by atoms with Gasteiger partial charge in [0.2, 0.25) is 0 Å².